The zero-order valence-corrected chi connectivity index (χ0v) is 10.1. The van der Waals surface area contributed by atoms with Crippen molar-refractivity contribution in [3.05, 3.63) is 23.5 Å². The molecule has 1 rings (SSSR count). The summed E-state index contributed by atoms with van der Waals surface area (Å²) in [6.07, 6.45) is 1.04. The summed E-state index contributed by atoms with van der Waals surface area (Å²) in [5.41, 5.74) is 6.80. The van der Waals surface area contributed by atoms with Crippen molar-refractivity contribution in [1.29, 1.82) is 0 Å². The molecule has 0 radical (unpaired) electrons. The first kappa shape index (κ1) is 13.0. The summed E-state index contributed by atoms with van der Waals surface area (Å²) in [5, 5.41) is 5.23. The van der Waals surface area contributed by atoms with Gasteiger partial charge in [0.1, 0.15) is 0 Å². The lowest BCUT2D eigenvalue weighted by Crippen LogP contribution is -2.41. The highest BCUT2D eigenvalue weighted by atomic mass is 15.5. The first-order chi connectivity index (χ1) is 6.66. The predicted molar refractivity (Wildman–Crippen MR) is 62.6 cm³/mol. The summed E-state index contributed by atoms with van der Waals surface area (Å²) in [4.78, 5) is 0. The minimum atomic E-state index is 0.990. The van der Waals surface area contributed by atoms with Crippen LogP contribution < -0.4 is 10.7 Å². The molecule has 0 fully saturated rings. The van der Waals surface area contributed by atoms with Crippen LogP contribution in [-0.2, 0) is 0 Å². The Labute approximate surface area is 87.8 Å². The van der Waals surface area contributed by atoms with E-state index in [4.69, 9.17) is 0 Å². The third-order valence-corrected chi connectivity index (χ3v) is 2.05. The van der Waals surface area contributed by atoms with Gasteiger partial charge < -0.3 is 10.3 Å². The maximum absolute atomic E-state index is 3.95. The molecule has 0 aliphatic carbocycles. The molecule has 0 amide bonds. The van der Waals surface area contributed by atoms with E-state index in [2.05, 4.69) is 17.3 Å². The van der Waals surface area contributed by atoms with Gasteiger partial charge in [0.05, 0.1) is 5.70 Å². The first-order valence-electron chi connectivity index (χ1n) is 5.21. The van der Waals surface area contributed by atoms with Gasteiger partial charge in [-0.25, -0.2) is 5.43 Å². The van der Waals surface area contributed by atoms with E-state index in [0.29, 0.717) is 0 Å². The van der Waals surface area contributed by atoms with E-state index in [-0.39, 0.29) is 0 Å². The van der Waals surface area contributed by atoms with E-state index in [1.165, 1.54) is 11.4 Å². The summed E-state index contributed by atoms with van der Waals surface area (Å²) in [7, 11) is 3.97. The van der Waals surface area contributed by atoms with Crippen molar-refractivity contribution in [3.63, 3.8) is 0 Å². The number of hydrazine groups is 1. The molecule has 1 heterocycles. The van der Waals surface area contributed by atoms with Gasteiger partial charge in [-0.2, -0.15) is 0 Å². The monoisotopic (exact) mass is 197 g/mol. The van der Waals surface area contributed by atoms with E-state index in [1.807, 2.05) is 39.9 Å². The largest absolute Gasteiger partial charge is 0.390 e. The maximum atomic E-state index is 3.95. The second-order valence-electron chi connectivity index (χ2n) is 3.07. The van der Waals surface area contributed by atoms with E-state index < -0.39 is 0 Å². The smallest absolute Gasteiger partial charge is 0.0729 e. The van der Waals surface area contributed by atoms with Crippen molar-refractivity contribution in [2.75, 3.05) is 20.6 Å². The Morgan fingerprint density at radius 1 is 1.50 bits per heavy atom. The number of allylic oxidation sites excluding steroid dienone is 1. The molecule has 0 saturated heterocycles. The Balaban J connectivity index is 0.000000791. The SMILES string of the molecule is C=C(C)C1=C(NC)CCNN1C.CC. The van der Waals surface area contributed by atoms with Crippen LogP contribution in [0.2, 0.25) is 0 Å². The lowest BCUT2D eigenvalue weighted by atomic mass is 10.1. The first-order valence-corrected chi connectivity index (χ1v) is 5.21. The van der Waals surface area contributed by atoms with Crippen LogP contribution in [0.5, 0.6) is 0 Å². The fourth-order valence-electron chi connectivity index (χ4n) is 1.54. The molecule has 0 atom stereocenters. The highest BCUT2D eigenvalue weighted by molar-refractivity contribution is 5.30. The quantitative estimate of drug-likeness (QED) is 0.707. The molecule has 2 N–H and O–H groups in total. The number of nitrogens with zero attached hydrogens (tertiary/aromatic N) is 1. The second-order valence-corrected chi connectivity index (χ2v) is 3.07. The predicted octanol–water partition coefficient (Wildman–Crippen LogP) is 1.86. The number of rotatable bonds is 2. The van der Waals surface area contributed by atoms with Crippen LogP contribution in [0.4, 0.5) is 0 Å². The van der Waals surface area contributed by atoms with Crippen molar-refractivity contribution in [3.8, 4) is 0 Å². The van der Waals surface area contributed by atoms with Crippen LogP contribution in [0.1, 0.15) is 27.2 Å². The van der Waals surface area contributed by atoms with Gasteiger partial charge in [-0.1, -0.05) is 20.4 Å². The normalized spacial score (nSPS) is 15.9. The zero-order chi connectivity index (χ0) is 11.1. The Morgan fingerprint density at radius 2 is 2.07 bits per heavy atom. The van der Waals surface area contributed by atoms with E-state index in [9.17, 15) is 0 Å². The van der Waals surface area contributed by atoms with Crippen LogP contribution in [0.25, 0.3) is 0 Å². The lowest BCUT2D eigenvalue weighted by molar-refractivity contribution is 0.280. The number of hydrogen-bond acceptors (Lipinski definition) is 3. The van der Waals surface area contributed by atoms with Gasteiger partial charge in [0.25, 0.3) is 0 Å². The van der Waals surface area contributed by atoms with Gasteiger partial charge in [0.2, 0.25) is 0 Å². The van der Waals surface area contributed by atoms with Gasteiger partial charge in [-0.3, -0.25) is 0 Å². The van der Waals surface area contributed by atoms with Gasteiger partial charge in [0, 0.05) is 32.8 Å². The molecule has 0 aromatic rings. The van der Waals surface area contributed by atoms with Crippen molar-refractivity contribution < 1.29 is 0 Å². The third-order valence-electron chi connectivity index (χ3n) is 2.05. The van der Waals surface area contributed by atoms with E-state index in [0.717, 1.165) is 18.5 Å². The molecule has 0 saturated carbocycles. The number of hydrogen-bond donors (Lipinski definition) is 2. The van der Waals surface area contributed by atoms with Crippen LogP contribution in [-0.4, -0.2) is 25.6 Å². The van der Waals surface area contributed by atoms with E-state index in [1.54, 1.807) is 0 Å². The standard InChI is InChI=1S/C9H17N3.C2H6/c1-7(2)9-8(10-3)5-6-11-12(9)4;1-2/h10-11H,1,5-6H2,2-4H3;1-2H3. The Hall–Kier alpha value is -0.960. The van der Waals surface area contributed by atoms with Gasteiger partial charge in [-0.05, 0) is 12.5 Å². The highest BCUT2D eigenvalue weighted by Gasteiger charge is 2.15. The van der Waals surface area contributed by atoms with Crippen molar-refractivity contribution >= 4 is 0 Å². The topological polar surface area (TPSA) is 27.3 Å². The molecule has 1 aliphatic heterocycles. The zero-order valence-electron chi connectivity index (χ0n) is 10.1. The van der Waals surface area contributed by atoms with Crippen LogP contribution in [0.3, 0.4) is 0 Å². The molecule has 0 aromatic heterocycles. The molecular formula is C11H23N3. The Bertz CT molecular complexity index is 219. The molecule has 1 aliphatic rings. The van der Waals surface area contributed by atoms with Crippen LogP contribution in [0, 0.1) is 0 Å². The molecule has 0 spiro atoms. The molecule has 3 nitrogen and oxygen atoms in total. The Morgan fingerprint density at radius 3 is 2.43 bits per heavy atom. The molecule has 82 valence electrons. The molecule has 0 aromatic carbocycles. The van der Waals surface area contributed by atoms with Crippen LogP contribution in [0.15, 0.2) is 23.5 Å². The van der Waals surface area contributed by atoms with Gasteiger partial charge >= 0.3 is 0 Å². The fraction of sp³-hybridized carbons (Fsp3) is 0.636. The Kier molecular flexibility index (Phi) is 6.04. The minimum absolute atomic E-state index is 0.990. The summed E-state index contributed by atoms with van der Waals surface area (Å²) >= 11 is 0. The fourth-order valence-corrected chi connectivity index (χ4v) is 1.54. The molecule has 14 heavy (non-hydrogen) atoms. The highest BCUT2D eigenvalue weighted by Crippen LogP contribution is 2.18. The summed E-state index contributed by atoms with van der Waals surface area (Å²) < 4.78 is 0. The van der Waals surface area contributed by atoms with Gasteiger partial charge in [-0.15, -0.1) is 0 Å². The van der Waals surface area contributed by atoms with Crippen LogP contribution >= 0.6 is 0 Å². The van der Waals surface area contributed by atoms with Crippen molar-refractivity contribution in [2.45, 2.75) is 27.2 Å². The number of nitrogens with one attached hydrogen (secondary N) is 2. The molecule has 0 unspecified atom stereocenters. The summed E-state index contributed by atoms with van der Waals surface area (Å²) in [6.45, 7) is 11.0. The average molecular weight is 197 g/mol. The molecule has 3 heteroatoms. The summed E-state index contributed by atoms with van der Waals surface area (Å²) in [6, 6.07) is 0. The number of likely N-dealkylation sites (N-methyl/N-ethyl adjacent to an activating group) is 1. The second kappa shape index (κ2) is 6.49. The average Bonchev–Trinajstić information content (AvgIpc) is 2.19. The summed E-state index contributed by atoms with van der Waals surface area (Å²) in [5.74, 6) is 0. The maximum Gasteiger partial charge on any atom is 0.0729 e. The lowest BCUT2D eigenvalue weighted by Gasteiger charge is -2.31. The molecule has 0 bridgehead atoms. The van der Waals surface area contributed by atoms with Gasteiger partial charge in [0.15, 0.2) is 0 Å². The molecular weight excluding hydrogens is 174 g/mol. The van der Waals surface area contributed by atoms with Crippen molar-refractivity contribution in [1.82, 2.24) is 15.8 Å². The van der Waals surface area contributed by atoms with E-state index >= 15 is 0 Å². The minimum Gasteiger partial charge on any atom is -0.390 e. The third kappa shape index (κ3) is 3.07. The van der Waals surface area contributed by atoms with Crippen molar-refractivity contribution in [2.24, 2.45) is 0 Å².